The van der Waals surface area contributed by atoms with Crippen LogP contribution >= 0.6 is 0 Å². The predicted molar refractivity (Wildman–Crippen MR) is 103 cm³/mol. The lowest BCUT2D eigenvalue weighted by molar-refractivity contribution is 0.112. The van der Waals surface area contributed by atoms with E-state index in [0.29, 0.717) is 17.7 Å². The van der Waals surface area contributed by atoms with Crippen molar-refractivity contribution in [3.63, 3.8) is 0 Å². The molecule has 4 rings (SSSR count). The van der Waals surface area contributed by atoms with Crippen LogP contribution in [0.15, 0.2) is 66.7 Å². The Bertz CT molecular complexity index is 1020. The van der Waals surface area contributed by atoms with Gasteiger partial charge in [0.25, 0.3) is 0 Å². The van der Waals surface area contributed by atoms with Crippen LogP contribution in [0.1, 0.15) is 32.6 Å². The van der Waals surface area contributed by atoms with E-state index >= 15 is 0 Å². The minimum absolute atomic E-state index is 0.619. The molecule has 0 saturated heterocycles. The maximum Gasteiger partial charge on any atom is 0.150 e. The molecule has 1 aliphatic rings. The Morgan fingerprint density at radius 3 is 2.50 bits per heavy atom. The molecule has 0 unspecified atom stereocenters. The fourth-order valence-electron chi connectivity index (χ4n) is 3.63. The second kappa shape index (κ2) is 6.85. The zero-order valence-electron chi connectivity index (χ0n) is 14.4. The van der Waals surface area contributed by atoms with Gasteiger partial charge in [0.2, 0.25) is 0 Å². The van der Waals surface area contributed by atoms with E-state index in [0.717, 1.165) is 36.1 Å². The molecular formula is C23H18N2O. The Labute approximate surface area is 153 Å². The molecule has 3 heteroatoms. The second-order valence-corrected chi connectivity index (χ2v) is 6.49. The SMILES string of the molecule is N#Cc1ccccc1CN1c2ccccc2CCc2cc(C=O)ccc21. The average Bonchev–Trinajstić information content (AvgIpc) is 2.85. The van der Waals surface area contributed by atoms with Crippen LogP contribution in [-0.4, -0.2) is 6.29 Å². The first-order valence-electron chi connectivity index (χ1n) is 8.71. The highest BCUT2D eigenvalue weighted by Gasteiger charge is 2.21. The van der Waals surface area contributed by atoms with Gasteiger partial charge < -0.3 is 4.90 Å². The third kappa shape index (κ3) is 2.87. The number of fused-ring (bicyclic) bond motifs is 2. The van der Waals surface area contributed by atoms with E-state index in [9.17, 15) is 10.1 Å². The quantitative estimate of drug-likeness (QED) is 0.644. The third-order valence-electron chi connectivity index (χ3n) is 4.94. The molecule has 3 aromatic carbocycles. The molecule has 0 aliphatic carbocycles. The van der Waals surface area contributed by atoms with E-state index in [1.807, 2.05) is 48.5 Å². The highest BCUT2D eigenvalue weighted by molar-refractivity contribution is 5.79. The Balaban J connectivity index is 1.86. The van der Waals surface area contributed by atoms with Gasteiger partial charge in [0.05, 0.1) is 11.6 Å². The van der Waals surface area contributed by atoms with Crippen LogP contribution in [0.2, 0.25) is 0 Å². The molecule has 26 heavy (non-hydrogen) atoms. The van der Waals surface area contributed by atoms with Crippen LogP contribution in [0, 0.1) is 11.3 Å². The summed E-state index contributed by atoms with van der Waals surface area (Å²) in [6.45, 7) is 0.619. The Morgan fingerprint density at radius 2 is 1.65 bits per heavy atom. The number of rotatable bonds is 3. The van der Waals surface area contributed by atoms with Crippen molar-refractivity contribution in [3.8, 4) is 6.07 Å². The molecule has 0 fully saturated rings. The molecule has 0 N–H and O–H groups in total. The highest BCUT2D eigenvalue weighted by atomic mass is 16.1. The minimum atomic E-state index is 0.619. The summed E-state index contributed by atoms with van der Waals surface area (Å²) in [6, 6.07) is 24.3. The van der Waals surface area contributed by atoms with Gasteiger partial charge in [-0.25, -0.2) is 0 Å². The number of hydrogen-bond donors (Lipinski definition) is 0. The summed E-state index contributed by atoms with van der Waals surface area (Å²) in [4.78, 5) is 13.5. The Hall–Kier alpha value is -3.38. The normalized spacial score (nSPS) is 12.5. The molecule has 1 heterocycles. The standard InChI is InChI=1S/C23H18N2O/c24-14-20-6-1-2-7-21(20)15-25-22-8-4-3-5-18(22)10-11-19-13-17(16-26)9-12-23(19)25/h1-9,12-13,16H,10-11,15H2. The first kappa shape index (κ1) is 16.1. The lowest BCUT2D eigenvalue weighted by Gasteiger charge is -2.27. The molecule has 0 amide bonds. The van der Waals surface area contributed by atoms with Gasteiger partial charge in [-0.3, -0.25) is 4.79 Å². The summed E-state index contributed by atoms with van der Waals surface area (Å²) in [6.07, 6.45) is 2.72. The first-order chi connectivity index (χ1) is 12.8. The largest absolute Gasteiger partial charge is 0.336 e. The van der Waals surface area contributed by atoms with Gasteiger partial charge >= 0.3 is 0 Å². The molecular weight excluding hydrogens is 320 g/mol. The molecule has 0 radical (unpaired) electrons. The lowest BCUT2D eigenvalue weighted by Crippen LogP contribution is -2.18. The number of para-hydroxylation sites is 1. The van der Waals surface area contributed by atoms with Gasteiger partial charge in [-0.15, -0.1) is 0 Å². The summed E-state index contributed by atoms with van der Waals surface area (Å²) in [5, 5.41) is 9.45. The number of aryl methyl sites for hydroxylation is 2. The van der Waals surface area contributed by atoms with Crippen molar-refractivity contribution >= 4 is 17.7 Å². The van der Waals surface area contributed by atoms with E-state index in [1.165, 1.54) is 11.1 Å². The molecule has 126 valence electrons. The minimum Gasteiger partial charge on any atom is -0.336 e. The summed E-state index contributed by atoms with van der Waals surface area (Å²) >= 11 is 0. The molecule has 0 saturated carbocycles. The third-order valence-corrected chi connectivity index (χ3v) is 4.94. The molecule has 3 nitrogen and oxygen atoms in total. The summed E-state index contributed by atoms with van der Waals surface area (Å²) in [5.41, 5.74) is 7.11. The van der Waals surface area contributed by atoms with Crippen LogP contribution in [0.4, 0.5) is 11.4 Å². The van der Waals surface area contributed by atoms with Gasteiger partial charge in [-0.1, -0.05) is 36.4 Å². The lowest BCUT2D eigenvalue weighted by atomic mass is 10.0. The molecule has 1 aliphatic heterocycles. The second-order valence-electron chi connectivity index (χ2n) is 6.49. The van der Waals surface area contributed by atoms with E-state index in [-0.39, 0.29) is 0 Å². The van der Waals surface area contributed by atoms with Crippen LogP contribution in [0.3, 0.4) is 0 Å². The molecule has 0 spiro atoms. The first-order valence-corrected chi connectivity index (χ1v) is 8.71. The highest BCUT2D eigenvalue weighted by Crippen LogP contribution is 2.37. The molecule has 3 aromatic rings. The Morgan fingerprint density at radius 1 is 0.923 bits per heavy atom. The van der Waals surface area contributed by atoms with E-state index in [4.69, 9.17) is 0 Å². The van der Waals surface area contributed by atoms with E-state index in [2.05, 4.69) is 29.2 Å². The number of aldehydes is 1. The van der Waals surface area contributed by atoms with Crippen molar-refractivity contribution in [2.45, 2.75) is 19.4 Å². The molecule has 0 bridgehead atoms. The topological polar surface area (TPSA) is 44.1 Å². The number of nitriles is 1. The van der Waals surface area contributed by atoms with Gasteiger partial charge in [0, 0.05) is 23.5 Å². The van der Waals surface area contributed by atoms with E-state index < -0.39 is 0 Å². The summed E-state index contributed by atoms with van der Waals surface area (Å²) in [5.74, 6) is 0. The average molecular weight is 338 g/mol. The fraction of sp³-hybridized carbons (Fsp3) is 0.130. The number of carbonyl (C=O) groups excluding carboxylic acids is 1. The summed E-state index contributed by atoms with van der Waals surface area (Å²) in [7, 11) is 0. The maximum absolute atomic E-state index is 11.2. The van der Waals surface area contributed by atoms with Crippen LogP contribution < -0.4 is 4.90 Å². The van der Waals surface area contributed by atoms with Crippen molar-refractivity contribution < 1.29 is 4.79 Å². The zero-order chi connectivity index (χ0) is 17.9. The van der Waals surface area contributed by atoms with Crippen molar-refractivity contribution in [2.24, 2.45) is 0 Å². The van der Waals surface area contributed by atoms with Gasteiger partial charge in [-0.05, 0) is 59.9 Å². The zero-order valence-corrected chi connectivity index (χ0v) is 14.4. The number of nitrogens with zero attached hydrogens (tertiary/aromatic N) is 2. The maximum atomic E-state index is 11.2. The number of carbonyl (C=O) groups is 1. The van der Waals surface area contributed by atoms with Crippen molar-refractivity contribution in [1.29, 1.82) is 5.26 Å². The van der Waals surface area contributed by atoms with Gasteiger partial charge in [0.1, 0.15) is 6.29 Å². The smallest absolute Gasteiger partial charge is 0.150 e. The molecule has 0 aromatic heterocycles. The van der Waals surface area contributed by atoms with Gasteiger partial charge in [0.15, 0.2) is 0 Å². The number of hydrogen-bond acceptors (Lipinski definition) is 3. The van der Waals surface area contributed by atoms with Crippen LogP contribution in [0.5, 0.6) is 0 Å². The van der Waals surface area contributed by atoms with E-state index in [1.54, 1.807) is 0 Å². The Kier molecular flexibility index (Phi) is 4.25. The van der Waals surface area contributed by atoms with Crippen LogP contribution in [0.25, 0.3) is 0 Å². The van der Waals surface area contributed by atoms with Crippen molar-refractivity contribution in [2.75, 3.05) is 4.90 Å². The van der Waals surface area contributed by atoms with Gasteiger partial charge in [-0.2, -0.15) is 5.26 Å². The predicted octanol–water partition coefficient (Wildman–Crippen LogP) is 4.81. The fourth-order valence-corrected chi connectivity index (χ4v) is 3.63. The summed E-state index contributed by atoms with van der Waals surface area (Å²) < 4.78 is 0. The molecule has 0 atom stereocenters. The monoisotopic (exact) mass is 338 g/mol. The van der Waals surface area contributed by atoms with Crippen molar-refractivity contribution in [1.82, 2.24) is 0 Å². The van der Waals surface area contributed by atoms with Crippen LogP contribution in [-0.2, 0) is 19.4 Å². The number of benzene rings is 3. The van der Waals surface area contributed by atoms with Crippen molar-refractivity contribution in [3.05, 3.63) is 94.5 Å². The number of anilines is 2.